The Balaban J connectivity index is -0.000000333. The third kappa shape index (κ3) is 5.95. The van der Waals surface area contributed by atoms with E-state index in [0.717, 1.165) is 0 Å². The molecule has 0 bridgehead atoms. The molecule has 0 saturated heterocycles. The number of carbonyl (C=O) groups is 4. The van der Waals surface area contributed by atoms with E-state index in [4.69, 9.17) is 0 Å². The van der Waals surface area contributed by atoms with Crippen molar-refractivity contribution in [3.8, 4) is 0 Å². The van der Waals surface area contributed by atoms with Crippen molar-refractivity contribution in [1.82, 2.24) is 0 Å². The van der Waals surface area contributed by atoms with Crippen molar-refractivity contribution < 1.29 is 61.3 Å². The molecule has 0 aromatic carbocycles. The minimum atomic E-state index is -1.81. The van der Waals surface area contributed by atoms with Crippen LogP contribution in [-0.2, 0) is 40.9 Å². The van der Waals surface area contributed by atoms with E-state index in [-0.39, 0.29) is 47.4 Å². The Morgan fingerprint density at radius 2 is 0.696 bits per heavy atom. The van der Waals surface area contributed by atoms with E-state index < -0.39 is 34.7 Å². The standard InChI is InChI=1S/2C7H12O4.Ti/c2*1-3-7(4-2,5(8)9)6(10)11;/h2*3-4H2,1-2H3,(H,8,9)(H,10,11);/q;;+4/p-4. The van der Waals surface area contributed by atoms with Gasteiger partial charge in [0.05, 0.1) is 23.9 Å². The molecule has 0 atom stereocenters. The summed E-state index contributed by atoms with van der Waals surface area (Å²) in [5.41, 5.74) is -3.61. The zero-order valence-electron chi connectivity index (χ0n) is 13.6. The van der Waals surface area contributed by atoms with Crippen LogP contribution < -0.4 is 20.4 Å². The normalized spacial score (nSPS) is 10.6. The van der Waals surface area contributed by atoms with Crippen LogP contribution in [0.25, 0.3) is 0 Å². The van der Waals surface area contributed by atoms with Gasteiger partial charge in [0, 0.05) is 10.8 Å². The Hall–Kier alpha value is -1.41. The zero-order chi connectivity index (χ0) is 18.1. The van der Waals surface area contributed by atoms with E-state index in [0.29, 0.717) is 0 Å². The molecule has 0 N–H and O–H groups in total. The van der Waals surface area contributed by atoms with Gasteiger partial charge in [-0.05, 0) is 25.7 Å². The number of carboxylic acids is 4. The summed E-state index contributed by atoms with van der Waals surface area (Å²) in [7, 11) is 0. The average molecular weight is 364 g/mol. The van der Waals surface area contributed by atoms with Crippen molar-refractivity contribution in [2.24, 2.45) is 10.8 Å². The van der Waals surface area contributed by atoms with Crippen molar-refractivity contribution >= 4 is 23.9 Å². The van der Waals surface area contributed by atoms with Crippen LogP contribution in [0, 0.1) is 10.8 Å². The third-order valence-electron chi connectivity index (χ3n) is 3.98. The second-order valence-corrected chi connectivity index (χ2v) is 4.73. The zero-order valence-corrected chi connectivity index (χ0v) is 15.2. The summed E-state index contributed by atoms with van der Waals surface area (Å²) < 4.78 is 0. The number of carbonyl (C=O) groups excluding carboxylic acids is 4. The number of carboxylic acid groups (broad SMARTS) is 4. The molecule has 23 heavy (non-hydrogen) atoms. The third-order valence-corrected chi connectivity index (χ3v) is 3.98. The van der Waals surface area contributed by atoms with E-state index in [1.165, 1.54) is 27.7 Å². The number of rotatable bonds is 8. The van der Waals surface area contributed by atoms with Crippen molar-refractivity contribution in [1.29, 1.82) is 0 Å². The van der Waals surface area contributed by atoms with Crippen LogP contribution in [0.1, 0.15) is 53.4 Å². The predicted molar refractivity (Wildman–Crippen MR) is 66.1 cm³/mol. The SMILES string of the molecule is CCC(CC)(C(=O)[O-])C(=O)[O-].CCC(CC)(C(=O)[O-])C(=O)[O-].[Ti+4]. The average Bonchev–Trinajstić information content (AvgIpc) is 2.41. The van der Waals surface area contributed by atoms with Crippen molar-refractivity contribution in [3.63, 3.8) is 0 Å². The topological polar surface area (TPSA) is 161 Å². The van der Waals surface area contributed by atoms with Gasteiger partial charge in [-0.2, -0.15) is 0 Å². The second kappa shape index (κ2) is 11.2. The molecular formula is C14H20O8Ti. The van der Waals surface area contributed by atoms with Crippen LogP contribution in [-0.4, -0.2) is 23.9 Å². The fraction of sp³-hybridized carbons (Fsp3) is 0.714. The van der Waals surface area contributed by atoms with Gasteiger partial charge in [-0.1, -0.05) is 27.7 Å². The van der Waals surface area contributed by atoms with Gasteiger partial charge < -0.3 is 39.6 Å². The first-order valence-corrected chi connectivity index (χ1v) is 6.88. The summed E-state index contributed by atoms with van der Waals surface area (Å²) in [6, 6.07) is 0. The number of hydrogen-bond acceptors (Lipinski definition) is 8. The predicted octanol–water partition coefficient (Wildman–Crippen LogP) is -3.42. The molecule has 0 unspecified atom stereocenters. The van der Waals surface area contributed by atoms with Gasteiger partial charge in [-0.3, -0.25) is 0 Å². The summed E-state index contributed by atoms with van der Waals surface area (Å²) in [5.74, 6) is -6.27. The molecule has 0 rings (SSSR count). The summed E-state index contributed by atoms with van der Waals surface area (Å²) in [4.78, 5) is 41.6. The minimum absolute atomic E-state index is 0. The summed E-state index contributed by atoms with van der Waals surface area (Å²) >= 11 is 0. The molecule has 0 aromatic rings. The Morgan fingerprint density at radius 1 is 0.565 bits per heavy atom. The first kappa shape index (κ1) is 26.5. The Kier molecular flexibility index (Phi) is 12.9. The molecule has 0 aliphatic rings. The van der Waals surface area contributed by atoms with Gasteiger partial charge in [0.2, 0.25) is 0 Å². The van der Waals surface area contributed by atoms with E-state index in [1.54, 1.807) is 0 Å². The fourth-order valence-corrected chi connectivity index (χ4v) is 1.82. The maximum absolute atomic E-state index is 10.4. The molecule has 0 heterocycles. The van der Waals surface area contributed by atoms with E-state index >= 15 is 0 Å². The van der Waals surface area contributed by atoms with Gasteiger partial charge in [0.1, 0.15) is 0 Å². The van der Waals surface area contributed by atoms with Crippen molar-refractivity contribution in [2.45, 2.75) is 53.4 Å². The molecular weight excluding hydrogens is 344 g/mol. The van der Waals surface area contributed by atoms with Gasteiger partial charge in [-0.15, -0.1) is 0 Å². The van der Waals surface area contributed by atoms with Gasteiger partial charge >= 0.3 is 21.7 Å². The van der Waals surface area contributed by atoms with Crippen molar-refractivity contribution in [3.05, 3.63) is 0 Å². The molecule has 0 aromatic heterocycles. The molecule has 9 heteroatoms. The Morgan fingerprint density at radius 3 is 0.696 bits per heavy atom. The van der Waals surface area contributed by atoms with E-state index in [9.17, 15) is 39.6 Å². The van der Waals surface area contributed by atoms with Crippen LogP contribution in [0.4, 0.5) is 0 Å². The summed E-state index contributed by atoms with van der Waals surface area (Å²) in [5, 5.41) is 41.6. The monoisotopic (exact) mass is 364 g/mol. The molecule has 0 aliphatic heterocycles. The van der Waals surface area contributed by atoms with Crippen molar-refractivity contribution in [2.75, 3.05) is 0 Å². The smallest absolute Gasteiger partial charge is 0.549 e. The minimum Gasteiger partial charge on any atom is -0.549 e. The Labute approximate surface area is 149 Å². The van der Waals surface area contributed by atoms with Crippen LogP contribution >= 0.6 is 0 Å². The van der Waals surface area contributed by atoms with Gasteiger partial charge in [0.25, 0.3) is 0 Å². The molecule has 8 nitrogen and oxygen atoms in total. The summed E-state index contributed by atoms with van der Waals surface area (Å²) in [6.07, 6.45) is -0.0231. The van der Waals surface area contributed by atoms with Gasteiger partial charge in [-0.25, -0.2) is 0 Å². The molecule has 0 amide bonds. The van der Waals surface area contributed by atoms with Crippen LogP contribution in [0.2, 0.25) is 0 Å². The molecule has 0 saturated carbocycles. The Bertz CT molecular complexity index is 352. The maximum atomic E-state index is 10.4. The molecule has 0 aliphatic carbocycles. The largest absolute Gasteiger partial charge is 4.00 e. The van der Waals surface area contributed by atoms with Crippen LogP contribution in [0.3, 0.4) is 0 Å². The van der Waals surface area contributed by atoms with Crippen LogP contribution in [0.15, 0.2) is 0 Å². The number of aliphatic carboxylic acids is 4. The van der Waals surface area contributed by atoms with E-state index in [2.05, 4.69) is 0 Å². The quantitative estimate of drug-likeness (QED) is 0.318. The van der Waals surface area contributed by atoms with E-state index in [1.807, 2.05) is 0 Å². The van der Waals surface area contributed by atoms with Gasteiger partial charge in [0.15, 0.2) is 0 Å². The fourth-order valence-electron chi connectivity index (χ4n) is 1.82. The molecule has 0 radical (unpaired) electrons. The first-order chi connectivity index (χ1) is 10.0. The molecule has 128 valence electrons. The number of hydrogen-bond donors (Lipinski definition) is 0. The molecule has 0 fully saturated rings. The summed E-state index contributed by atoms with van der Waals surface area (Å²) in [6.45, 7) is 5.92. The maximum Gasteiger partial charge on any atom is 4.00 e. The second-order valence-electron chi connectivity index (χ2n) is 4.73. The first-order valence-electron chi connectivity index (χ1n) is 6.88. The van der Waals surface area contributed by atoms with Crippen LogP contribution in [0.5, 0.6) is 0 Å². The molecule has 0 spiro atoms.